The Labute approximate surface area is 97.3 Å². The van der Waals surface area contributed by atoms with E-state index in [1.165, 1.54) is 6.20 Å². The lowest BCUT2D eigenvalue weighted by Crippen LogP contribution is -2.03. The number of hydrogen-bond acceptors (Lipinski definition) is 2. The normalized spacial score (nSPS) is 10.2. The van der Waals surface area contributed by atoms with Crippen molar-refractivity contribution < 1.29 is 8.78 Å². The first-order chi connectivity index (χ1) is 7.20. The van der Waals surface area contributed by atoms with Gasteiger partial charge in [-0.15, -0.1) is 12.4 Å². The van der Waals surface area contributed by atoms with Gasteiger partial charge in [0.15, 0.2) is 0 Å². The minimum Gasteiger partial charge on any atom is -0.396 e. The van der Waals surface area contributed by atoms with Crippen LogP contribution in [0.15, 0.2) is 36.5 Å². The molecule has 0 saturated heterocycles. The van der Waals surface area contributed by atoms with Gasteiger partial charge in [0.05, 0.1) is 17.6 Å². The SMILES string of the molecule is Cl.Nc1cnn(-c2ccccc2)c1C(F)F. The first kappa shape index (κ1) is 12.4. The monoisotopic (exact) mass is 245 g/mol. The van der Waals surface area contributed by atoms with Crippen LogP contribution in [0.25, 0.3) is 5.69 Å². The summed E-state index contributed by atoms with van der Waals surface area (Å²) in [5.41, 5.74) is 5.74. The summed E-state index contributed by atoms with van der Waals surface area (Å²) in [6, 6.07) is 8.69. The van der Waals surface area contributed by atoms with Crippen LogP contribution < -0.4 is 5.73 Å². The highest BCUT2D eigenvalue weighted by Crippen LogP contribution is 2.26. The number of nitrogens with two attached hydrogens (primary N) is 1. The van der Waals surface area contributed by atoms with Gasteiger partial charge < -0.3 is 5.73 Å². The molecule has 6 heteroatoms. The lowest BCUT2D eigenvalue weighted by Gasteiger charge is -2.06. The minimum absolute atomic E-state index is 0. The molecule has 2 aromatic rings. The Kier molecular flexibility index (Phi) is 3.84. The molecule has 3 nitrogen and oxygen atoms in total. The predicted octanol–water partition coefficient (Wildman–Crippen LogP) is 2.81. The summed E-state index contributed by atoms with van der Waals surface area (Å²) in [4.78, 5) is 0. The van der Waals surface area contributed by atoms with E-state index in [1.807, 2.05) is 0 Å². The third-order valence-corrected chi connectivity index (χ3v) is 2.04. The second kappa shape index (κ2) is 4.94. The van der Waals surface area contributed by atoms with E-state index in [2.05, 4.69) is 5.10 Å². The number of nitrogens with zero attached hydrogens (tertiary/aromatic N) is 2. The van der Waals surface area contributed by atoms with E-state index >= 15 is 0 Å². The molecule has 0 fully saturated rings. The number of hydrogen-bond donors (Lipinski definition) is 1. The molecule has 2 N–H and O–H groups in total. The number of alkyl halides is 2. The summed E-state index contributed by atoms with van der Waals surface area (Å²) in [7, 11) is 0. The van der Waals surface area contributed by atoms with Crippen molar-refractivity contribution in [2.75, 3.05) is 5.73 Å². The van der Waals surface area contributed by atoms with Gasteiger partial charge in [0.25, 0.3) is 6.43 Å². The third-order valence-electron chi connectivity index (χ3n) is 2.04. The van der Waals surface area contributed by atoms with Crippen LogP contribution >= 0.6 is 12.4 Å². The van der Waals surface area contributed by atoms with E-state index in [9.17, 15) is 8.78 Å². The highest BCUT2D eigenvalue weighted by Gasteiger charge is 2.18. The average molecular weight is 246 g/mol. The van der Waals surface area contributed by atoms with Crippen molar-refractivity contribution in [1.82, 2.24) is 9.78 Å². The fourth-order valence-corrected chi connectivity index (χ4v) is 1.36. The Balaban J connectivity index is 0.00000128. The number of nitrogen functional groups attached to an aromatic ring is 1. The van der Waals surface area contributed by atoms with Gasteiger partial charge in [0, 0.05) is 0 Å². The van der Waals surface area contributed by atoms with Crippen molar-refractivity contribution >= 4 is 18.1 Å². The number of para-hydroxylation sites is 1. The summed E-state index contributed by atoms with van der Waals surface area (Å²) < 4.78 is 26.5. The second-order valence-electron chi connectivity index (χ2n) is 3.03. The standard InChI is InChI=1S/C10H9F2N3.ClH/c11-10(12)9-8(13)6-14-15(9)7-4-2-1-3-5-7;/h1-6,10H,13H2;1H. The smallest absolute Gasteiger partial charge is 0.282 e. The Morgan fingerprint density at radius 1 is 1.19 bits per heavy atom. The van der Waals surface area contributed by atoms with Crippen molar-refractivity contribution in [3.8, 4) is 5.69 Å². The first-order valence-electron chi connectivity index (χ1n) is 4.37. The molecule has 0 aliphatic carbocycles. The van der Waals surface area contributed by atoms with Gasteiger partial charge in [-0.1, -0.05) is 18.2 Å². The first-order valence-corrected chi connectivity index (χ1v) is 4.37. The summed E-state index contributed by atoms with van der Waals surface area (Å²) in [6.07, 6.45) is -1.40. The van der Waals surface area contributed by atoms with E-state index in [4.69, 9.17) is 5.73 Å². The summed E-state index contributed by atoms with van der Waals surface area (Å²) in [5, 5.41) is 3.82. The molecule has 0 unspecified atom stereocenters. The van der Waals surface area contributed by atoms with Gasteiger partial charge in [-0.2, -0.15) is 5.10 Å². The van der Waals surface area contributed by atoms with Gasteiger partial charge in [0.2, 0.25) is 0 Å². The maximum Gasteiger partial charge on any atom is 0.282 e. The molecule has 0 spiro atoms. The highest BCUT2D eigenvalue weighted by molar-refractivity contribution is 5.85. The van der Waals surface area contributed by atoms with Crippen LogP contribution in [-0.2, 0) is 0 Å². The third kappa shape index (κ3) is 2.14. The number of halogens is 3. The molecule has 0 aliphatic rings. The van der Waals surface area contributed by atoms with E-state index in [0.29, 0.717) is 5.69 Å². The van der Waals surface area contributed by atoms with Crippen LogP contribution in [0.4, 0.5) is 14.5 Å². The number of rotatable bonds is 2. The van der Waals surface area contributed by atoms with Crippen molar-refractivity contribution in [1.29, 1.82) is 0 Å². The van der Waals surface area contributed by atoms with Gasteiger partial charge in [-0.3, -0.25) is 0 Å². The highest BCUT2D eigenvalue weighted by atomic mass is 35.5. The van der Waals surface area contributed by atoms with E-state index in [0.717, 1.165) is 4.68 Å². The molecular weight excluding hydrogens is 236 g/mol. The number of anilines is 1. The Morgan fingerprint density at radius 2 is 1.81 bits per heavy atom. The summed E-state index contributed by atoms with van der Waals surface area (Å²) >= 11 is 0. The van der Waals surface area contributed by atoms with Crippen molar-refractivity contribution in [2.24, 2.45) is 0 Å². The van der Waals surface area contributed by atoms with Gasteiger partial charge in [-0.25, -0.2) is 13.5 Å². The molecule has 1 aromatic heterocycles. The van der Waals surface area contributed by atoms with Crippen LogP contribution in [0.1, 0.15) is 12.1 Å². The predicted molar refractivity (Wildman–Crippen MR) is 60.2 cm³/mol. The maximum atomic E-state index is 12.7. The van der Waals surface area contributed by atoms with E-state index in [1.54, 1.807) is 30.3 Å². The van der Waals surface area contributed by atoms with Gasteiger partial charge in [0.1, 0.15) is 5.69 Å². The van der Waals surface area contributed by atoms with Crippen LogP contribution in [-0.4, -0.2) is 9.78 Å². The molecular formula is C10H10ClF2N3. The number of benzene rings is 1. The van der Waals surface area contributed by atoms with Crippen LogP contribution in [0.5, 0.6) is 0 Å². The Bertz CT molecular complexity index is 456. The van der Waals surface area contributed by atoms with Gasteiger partial charge >= 0.3 is 0 Å². The molecule has 0 amide bonds. The zero-order valence-corrected chi connectivity index (χ0v) is 8.99. The van der Waals surface area contributed by atoms with E-state index in [-0.39, 0.29) is 23.8 Å². The van der Waals surface area contributed by atoms with Crippen molar-refractivity contribution in [3.63, 3.8) is 0 Å². The van der Waals surface area contributed by atoms with Crippen LogP contribution in [0.2, 0.25) is 0 Å². The fourth-order valence-electron chi connectivity index (χ4n) is 1.36. The van der Waals surface area contributed by atoms with Crippen molar-refractivity contribution in [3.05, 3.63) is 42.2 Å². The largest absolute Gasteiger partial charge is 0.396 e. The summed E-state index contributed by atoms with van der Waals surface area (Å²) in [6.45, 7) is 0. The zero-order chi connectivity index (χ0) is 10.8. The number of aromatic nitrogens is 2. The topological polar surface area (TPSA) is 43.8 Å². The molecule has 1 heterocycles. The van der Waals surface area contributed by atoms with Gasteiger partial charge in [-0.05, 0) is 12.1 Å². The molecule has 2 rings (SSSR count). The molecule has 16 heavy (non-hydrogen) atoms. The molecule has 0 bridgehead atoms. The molecule has 0 radical (unpaired) electrons. The molecule has 0 aliphatic heterocycles. The molecule has 1 aromatic carbocycles. The molecule has 0 atom stereocenters. The molecule has 0 saturated carbocycles. The zero-order valence-electron chi connectivity index (χ0n) is 8.18. The quantitative estimate of drug-likeness (QED) is 0.884. The second-order valence-corrected chi connectivity index (χ2v) is 3.03. The van der Waals surface area contributed by atoms with E-state index < -0.39 is 6.43 Å². The Hall–Kier alpha value is -1.62. The lowest BCUT2D eigenvalue weighted by molar-refractivity contribution is 0.143. The maximum absolute atomic E-state index is 12.7. The molecule has 86 valence electrons. The van der Waals surface area contributed by atoms with Crippen LogP contribution in [0.3, 0.4) is 0 Å². The average Bonchev–Trinajstić information content (AvgIpc) is 2.61. The lowest BCUT2D eigenvalue weighted by atomic mass is 10.3. The summed E-state index contributed by atoms with van der Waals surface area (Å²) in [5.74, 6) is 0. The van der Waals surface area contributed by atoms with Crippen molar-refractivity contribution in [2.45, 2.75) is 6.43 Å². The van der Waals surface area contributed by atoms with Crippen LogP contribution in [0, 0.1) is 0 Å². The Morgan fingerprint density at radius 3 is 2.38 bits per heavy atom. The fraction of sp³-hybridized carbons (Fsp3) is 0.100. The minimum atomic E-state index is -2.63.